The van der Waals surface area contributed by atoms with Crippen LogP contribution in [0.15, 0.2) is 0 Å². The van der Waals surface area contributed by atoms with Gasteiger partial charge in [-0.2, -0.15) is 0 Å². The quantitative estimate of drug-likeness (QED) is 0.699. The fourth-order valence-corrected chi connectivity index (χ4v) is 1.87. The molecule has 1 heterocycles. The Bertz CT molecular complexity index is 141. The summed E-state index contributed by atoms with van der Waals surface area (Å²) in [5.74, 6) is 0. The highest BCUT2D eigenvalue weighted by atomic mass is 16.5. The number of methoxy groups -OCH3 is 1. The largest absolute Gasteiger partial charge is 0.383 e. The summed E-state index contributed by atoms with van der Waals surface area (Å²) >= 11 is 0. The minimum Gasteiger partial charge on any atom is -0.383 e. The van der Waals surface area contributed by atoms with Crippen LogP contribution in [0.4, 0.5) is 0 Å². The number of ether oxygens (including phenoxy) is 1. The lowest BCUT2D eigenvalue weighted by Crippen LogP contribution is -2.53. The summed E-state index contributed by atoms with van der Waals surface area (Å²) in [5.41, 5.74) is 0. The van der Waals surface area contributed by atoms with E-state index in [1.165, 1.54) is 13.0 Å². The van der Waals surface area contributed by atoms with Crippen molar-refractivity contribution in [1.82, 2.24) is 10.2 Å². The van der Waals surface area contributed by atoms with Gasteiger partial charge in [-0.25, -0.2) is 0 Å². The molecule has 3 heteroatoms. The second-order valence-corrected chi connectivity index (χ2v) is 3.86. The highest BCUT2D eigenvalue weighted by Crippen LogP contribution is 2.06. The van der Waals surface area contributed by atoms with Gasteiger partial charge in [0.05, 0.1) is 6.61 Å². The van der Waals surface area contributed by atoms with Gasteiger partial charge in [-0.3, -0.25) is 4.90 Å². The zero-order valence-electron chi connectivity index (χ0n) is 9.05. The minimum absolute atomic E-state index is 0.557. The number of rotatable bonds is 4. The van der Waals surface area contributed by atoms with Gasteiger partial charge in [0.25, 0.3) is 0 Å². The molecule has 0 radical (unpaired) electrons. The molecular formula is C10H22N2O. The average molecular weight is 186 g/mol. The Morgan fingerprint density at radius 2 is 2.38 bits per heavy atom. The van der Waals surface area contributed by atoms with E-state index in [2.05, 4.69) is 24.1 Å². The summed E-state index contributed by atoms with van der Waals surface area (Å²) in [5, 5.41) is 3.51. The molecule has 1 saturated heterocycles. The van der Waals surface area contributed by atoms with Crippen molar-refractivity contribution in [3.8, 4) is 0 Å². The molecule has 1 fully saturated rings. The lowest BCUT2D eigenvalue weighted by atomic mass is 10.1. The molecular weight excluding hydrogens is 164 g/mol. The van der Waals surface area contributed by atoms with Crippen LogP contribution in [0.1, 0.15) is 20.3 Å². The zero-order valence-corrected chi connectivity index (χ0v) is 9.05. The Morgan fingerprint density at radius 1 is 1.62 bits per heavy atom. The molecule has 0 aliphatic carbocycles. The third kappa shape index (κ3) is 3.25. The topological polar surface area (TPSA) is 24.5 Å². The van der Waals surface area contributed by atoms with E-state index in [4.69, 9.17) is 4.74 Å². The van der Waals surface area contributed by atoms with Crippen LogP contribution in [0.5, 0.6) is 0 Å². The van der Waals surface area contributed by atoms with Crippen molar-refractivity contribution in [2.24, 2.45) is 0 Å². The molecule has 0 saturated carbocycles. The smallest absolute Gasteiger partial charge is 0.0615 e. The summed E-state index contributed by atoms with van der Waals surface area (Å²) in [6.45, 7) is 8.76. The first-order valence-electron chi connectivity index (χ1n) is 5.24. The van der Waals surface area contributed by atoms with E-state index in [0.29, 0.717) is 12.1 Å². The van der Waals surface area contributed by atoms with Crippen molar-refractivity contribution in [2.75, 3.05) is 33.4 Å². The Kier molecular flexibility index (Phi) is 4.70. The van der Waals surface area contributed by atoms with E-state index in [9.17, 15) is 0 Å². The van der Waals surface area contributed by atoms with Crippen molar-refractivity contribution in [2.45, 2.75) is 32.4 Å². The lowest BCUT2D eigenvalue weighted by Gasteiger charge is -2.36. The molecule has 1 rings (SSSR count). The molecule has 0 amide bonds. The second-order valence-electron chi connectivity index (χ2n) is 3.86. The number of nitrogens with zero attached hydrogens (tertiary/aromatic N) is 1. The van der Waals surface area contributed by atoms with E-state index >= 15 is 0 Å². The molecule has 1 aliphatic heterocycles. The SMILES string of the molecule is CCC1CN(C(C)COC)CCN1. The maximum atomic E-state index is 5.16. The molecule has 2 atom stereocenters. The van der Waals surface area contributed by atoms with Crippen molar-refractivity contribution < 1.29 is 4.74 Å². The Morgan fingerprint density at radius 3 is 3.00 bits per heavy atom. The van der Waals surface area contributed by atoms with Crippen molar-refractivity contribution in [1.29, 1.82) is 0 Å². The standard InChI is InChI=1S/C10H22N2O/c1-4-10-7-12(6-5-11-10)9(2)8-13-3/h9-11H,4-8H2,1-3H3. The molecule has 1 aliphatic rings. The van der Waals surface area contributed by atoms with Gasteiger partial charge in [0.2, 0.25) is 0 Å². The molecule has 0 aromatic rings. The zero-order chi connectivity index (χ0) is 9.68. The van der Waals surface area contributed by atoms with Crippen molar-refractivity contribution >= 4 is 0 Å². The first-order valence-corrected chi connectivity index (χ1v) is 5.24. The number of hydrogen-bond acceptors (Lipinski definition) is 3. The van der Waals surface area contributed by atoms with Crippen LogP contribution in [0, 0.1) is 0 Å². The first-order chi connectivity index (χ1) is 6.27. The van der Waals surface area contributed by atoms with Crippen molar-refractivity contribution in [3.63, 3.8) is 0 Å². The fourth-order valence-electron chi connectivity index (χ4n) is 1.87. The summed E-state index contributed by atoms with van der Waals surface area (Å²) < 4.78 is 5.16. The molecule has 0 spiro atoms. The summed E-state index contributed by atoms with van der Waals surface area (Å²) in [4.78, 5) is 2.51. The lowest BCUT2D eigenvalue weighted by molar-refractivity contribution is 0.0779. The van der Waals surface area contributed by atoms with E-state index in [-0.39, 0.29) is 0 Å². The van der Waals surface area contributed by atoms with Gasteiger partial charge in [0, 0.05) is 38.8 Å². The monoisotopic (exact) mass is 186 g/mol. The van der Waals surface area contributed by atoms with Gasteiger partial charge < -0.3 is 10.1 Å². The maximum absolute atomic E-state index is 5.16. The average Bonchev–Trinajstić information content (AvgIpc) is 2.18. The molecule has 3 nitrogen and oxygen atoms in total. The van der Waals surface area contributed by atoms with Crippen LogP contribution >= 0.6 is 0 Å². The third-order valence-electron chi connectivity index (χ3n) is 2.81. The highest BCUT2D eigenvalue weighted by molar-refractivity contribution is 4.80. The predicted octanol–water partition coefficient (Wildman–Crippen LogP) is 0.705. The Labute approximate surface area is 81.4 Å². The minimum atomic E-state index is 0.557. The van der Waals surface area contributed by atoms with Gasteiger partial charge in [-0.05, 0) is 13.3 Å². The maximum Gasteiger partial charge on any atom is 0.0615 e. The Hall–Kier alpha value is -0.120. The van der Waals surface area contributed by atoms with E-state index in [0.717, 1.165) is 19.7 Å². The highest BCUT2D eigenvalue weighted by Gasteiger charge is 2.21. The van der Waals surface area contributed by atoms with Crippen LogP contribution in [-0.2, 0) is 4.74 Å². The van der Waals surface area contributed by atoms with E-state index in [1.54, 1.807) is 7.11 Å². The van der Waals surface area contributed by atoms with Crippen LogP contribution in [0.2, 0.25) is 0 Å². The number of piperazine rings is 1. The predicted molar refractivity (Wildman–Crippen MR) is 55.0 cm³/mol. The van der Waals surface area contributed by atoms with Gasteiger partial charge in [-0.1, -0.05) is 6.92 Å². The molecule has 2 unspecified atom stereocenters. The summed E-state index contributed by atoms with van der Waals surface area (Å²) in [6.07, 6.45) is 1.22. The summed E-state index contributed by atoms with van der Waals surface area (Å²) in [6, 6.07) is 1.23. The molecule has 13 heavy (non-hydrogen) atoms. The molecule has 1 N–H and O–H groups in total. The van der Waals surface area contributed by atoms with Crippen LogP contribution in [-0.4, -0.2) is 50.3 Å². The van der Waals surface area contributed by atoms with Crippen LogP contribution in [0.3, 0.4) is 0 Å². The summed E-state index contributed by atoms with van der Waals surface area (Å²) in [7, 11) is 1.77. The second kappa shape index (κ2) is 5.58. The van der Waals surface area contributed by atoms with E-state index in [1.807, 2.05) is 0 Å². The van der Waals surface area contributed by atoms with Crippen LogP contribution < -0.4 is 5.32 Å². The number of hydrogen-bond donors (Lipinski definition) is 1. The fraction of sp³-hybridized carbons (Fsp3) is 1.00. The Balaban J connectivity index is 2.32. The van der Waals surface area contributed by atoms with Crippen LogP contribution in [0.25, 0.3) is 0 Å². The van der Waals surface area contributed by atoms with Gasteiger partial charge in [0.1, 0.15) is 0 Å². The number of nitrogens with one attached hydrogen (secondary N) is 1. The van der Waals surface area contributed by atoms with Gasteiger partial charge >= 0.3 is 0 Å². The van der Waals surface area contributed by atoms with Gasteiger partial charge in [-0.15, -0.1) is 0 Å². The third-order valence-corrected chi connectivity index (χ3v) is 2.81. The van der Waals surface area contributed by atoms with E-state index < -0.39 is 0 Å². The molecule has 0 aromatic carbocycles. The molecule has 78 valence electrons. The van der Waals surface area contributed by atoms with Crippen molar-refractivity contribution in [3.05, 3.63) is 0 Å². The molecule has 0 bridgehead atoms. The van der Waals surface area contributed by atoms with Gasteiger partial charge in [0.15, 0.2) is 0 Å². The first kappa shape index (κ1) is 11.0. The molecule has 0 aromatic heterocycles. The normalized spacial score (nSPS) is 27.5.